The number of rotatable bonds is 5. The Kier molecular flexibility index (Phi) is 4.76. The molecule has 2 nitrogen and oxygen atoms in total. The lowest BCUT2D eigenvalue weighted by atomic mass is 9.94. The second-order valence-electron chi connectivity index (χ2n) is 5.00. The van der Waals surface area contributed by atoms with Crippen molar-refractivity contribution in [3.63, 3.8) is 0 Å². The number of thiophene rings is 1. The number of hydrogen-bond donors (Lipinski definition) is 1. The van der Waals surface area contributed by atoms with Crippen LogP contribution in [0.3, 0.4) is 0 Å². The summed E-state index contributed by atoms with van der Waals surface area (Å²) in [5.74, 6) is 0.926. The van der Waals surface area contributed by atoms with Crippen molar-refractivity contribution in [3.8, 4) is 5.75 Å². The van der Waals surface area contributed by atoms with E-state index in [4.69, 9.17) is 4.74 Å². The third-order valence-corrected chi connectivity index (χ3v) is 5.15. The van der Waals surface area contributed by atoms with E-state index in [0.717, 1.165) is 16.8 Å². The zero-order chi connectivity index (χ0) is 13.8. The van der Waals surface area contributed by atoms with Gasteiger partial charge in [-0.2, -0.15) is 0 Å². The number of benzene rings is 1. The molecule has 1 aliphatic rings. The van der Waals surface area contributed by atoms with Crippen LogP contribution in [0.5, 0.6) is 5.75 Å². The zero-order valence-corrected chi connectivity index (χ0v) is 13.7. The summed E-state index contributed by atoms with van der Waals surface area (Å²) in [5, 5.41) is 5.83. The Hall–Kier alpha value is -0.840. The van der Waals surface area contributed by atoms with Crippen molar-refractivity contribution in [3.05, 3.63) is 50.6 Å². The third-order valence-electron chi connectivity index (χ3n) is 3.63. The average molecular weight is 352 g/mol. The van der Waals surface area contributed by atoms with E-state index in [1.54, 1.807) is 4.88 Å². The first-order valence-electron chi connectivity index (χ1n) is 7.01. The number of halogens is 1. The maximum Gasteiger partial charge on any atom is 0.119 e. The maximum absolute atomic E-state index is 5.74. The summed E-state index contributed by atoms with van der Waals surface area (Å²) in [6.07, 6.45) is 3.78. The molecule has 1 aliphatic carbocycles. The van der Waals surface area contributed by atoms with Crippen molar-refractivity contribution in [2.75, 3.05) is 13.2 Å². The molecule has 106 valence electrons. The molecule has 0 bridgehead atoms. The van der Waals surface area contributed by atoms with Gasteiger partial charge >= 0.3 is 0 Å². The van der Waals surface area contributed by atoms with Gasteiger partial charge in [0.05, 0.1) is 0 Å². The Morgan fingerprint density at radius 1 is 1.25 bits per heavy atom. The first-order chi connectivity index (χ1) is 9.83. The second kappa shape index (κ2) is 6.74. The number of nitrogens with one attached hydrogen (secondary N) is 1. The minimum atomic E-state index is 0.513. The number of ether oxygens (including phenoxy) is 1. The Morgan fingerprint density at radius 2 is 2.10 bits per heavy atom. The highest BCUT2D eigenvalue weighted by molar-refractivity contribution is 9.10. The van der Waals surface area contributed by atoms with E-state index in [0.29, 0.717) is 12.6 Å². The van der Waals surface area contributed by atoms with Crippen LogP contribution in [-0.4, -0.2) is 13.2 Å². The van der Waals surface area contributed by atoms with Crippen molar-refractivity contribution >= 4 is 27.3 Å². The Balaban J connectivity index is 1.46. The maximum atomic E-state index is 5.74. The summed E-state index contributed by atoms with van der Waals surface area (Å²) in [4.78, 5) is 1.56. The molecule has 0 saturated carbocycles. The molecule has 1 heterocycles. The molecule has 1 aromatic carbocycles. The fraction of sp³-hybridized carbons (Fsp3) is 0.375. The fourth-order valence-electron chi connectivity index (χ4n) is 2.63. The van der Waals surface area contributed by atoms with Gasteiger partial charge in [-0.1, -0.05) is 15.9 Å². The summed E-state index contributed by atoms with van der Waals surface area (Å²) >= 11 is 5.31. The molecule has 0 spiro atoms. The largest absolute Gasteiger partial charge is 0.492 e. The van der Waals surface area contributed by atoms with Gasteiger partial charge in [0.1, 0.15) is 12.4 Å². The molecule has 1 N–H and O–H groups in total. The van der Waals surface area contributed by atoms with Gasteiger partial charge < -0.3 is 10.1 Å². The standard InChI is InChI=1S/C16H18BrNOS/c17-12-4-6-13(7-5-12)19-10-9-18-15-2-1-3-16-14(15)8-11-20-16/h4-8,11,15,18H,1-3,9-10H2. The van der Waals surface area contributed by atoms with Gasteiger partial charge in [0.25, 0.3) is 0 Å². The highest BCUT2D eigenvalue weighted by Gasteiger charge is 2.20. The van der Waals surface area contributed by atoms with Crippen LogP contribution in [-0.2, 0) is 6.42 Å². The van der Waals surface area contributed by atoms with Crippen molar-refractivity contribution < 1.29 is 4.74 Å². The minimum Gasteiger partial charge on any atom is -0.492 e. The first kappa shape index (κ1) is 14.1. The van der Waals surface area contributed by atoms with Crippen LogP contribution in [0.4, 0.5) is 0 Å². The van der Waals surface area contributed by atoms with E-state index >= 15 is 0 Å². The van der Waals surface area contributed by atoms with Gasteiger partial charge in [-0.3, -0.25) is 0 Å². The van der Waals surface area contributed by atoms with Gasteiger partial charge in [0.15, 0.2) is 0 Å². The molecule has 0 radical (unpaired) electrons. The quantitative estimate of drug-likeness (QED) is 0.797. The number of aryl methyl sites for hydroxylation is 1. The molecule has 3 rings (SSSR count). The summed E-state index contributed by atoms with van der Waals surface area (Å²) in [7, 11) is 0. The van der Waals surface area contributed by atoms with Gasteiger partial charge in [-0.25, -0.2) is 0 Å². The predicted molar refractivity (Wildman–Crippen MR) is 87.6 cm³/mol. The van der Waals surface area contributed by atoms with E-state index < -0.39 is 0 Å². The molecular weight excluding hydrogens is 334 g/mol. The van der Waals surface area contributed by atoms with Crippen LogP contribution in [0, 0.1) is 0 Å². The van der Waals surface area contributed by atoms with E-state index in [1.807, 2.05) is 35.6 Å². The molecule has 0 amide bonds. The van der Waals surface area contributed by atoms with Crippen LogP contribution in [0.25, 0.3) is 0 Å². The summed E-state index contributed by atoms with van der Waals surface area (Å²) < 4.78 is 6.82. The Bertz CT molecular complexity index is 552. The van der Waals surface area contributed by atoms with E-state index in [-0.39, 0.29) is 0 Å². The lowest BCUT2D eigenvalue weighted by molar-refractivity contribution is 0.301. The molecule has 1 unspecified atom stereocenters. The number of fused-ring (bicyclic) bond motifs is 1. The lowest BCUT2D eigenvalue weighted by Crippen LogP contribution is -2.28. The molecule has 20 heavy (non-hydrogen) atoms. The van der Waals surface area contributed by atoms with Crippen molar-refractivity contribution in [2.45, 2.75) is 25.3 Å². The van der Waals surface area contributed by atoms with Gasteiger partial charge in [-0.05, 0) is 60.5 Å². The van der Waals surface area contributed by atoms with Crippen LogP contribution >= 0.6 is 27.3 Å². The molecule has 0 saturated heterocycles. The van der Waals surface area contributed by atoms with Gasteiger partial charge in [0, 0.05) is 21.9 Å². The van der Waals surface area contributed by atoms with E-state index in [9.17, 15) is 0 Å². The average Bonchev–Trinajstić information content (AvgIpc) is 2.94. The lowest BCUT2D eigenvalue weighted by Gasteiger charge is -2.23. The Morgan fingerprint density at radius 3 is 2.95 bits per heavy atom. The molecule has 0 aliphatic heterocycles. The van der Waals surface area contributed by atoms with Crippen molar-refractivity contribution in [1.29, 1.82) is 0 Å². The first-order valence-corrected chi connectivity index (χ1v) is 8.68. The smallest absolute Gasteiger partial charge is 0.119 e. The van der Waals surface area contributed by atoms with E-state index in [1.165, 1.54) is 24.8 Å². The van der Waals surface area contributed by atoms with Crippen LogP contribution in [0.15, 0.2) is 40.2 Å². The molecule has 0 fully saturated rings. The van der Waals surface area contributed by atoms with Crippen LogP contribution < -0.4 is 10.1 Å². The molecule has 1 aromatic heterocycles. The topological polar surface area (TPSA) is 21.3 Å². The van der Waals surface area contributed by atoms with E-state index in [2.05, 4.69) is 32.7 Å². The summed E-state index contributed by atoms with van der Waals surface area (Å²) in [6.45, 7) is 1.59. The predicted octanol–water partition coefficient (Wildman–Crippen LogP) is 4.56. The molecule has 2 aromatic rings. The summed E-state index contributed by atoms with van der Waals surface area (Å²) in [5.41, 5.74) is 1.50. The highest BCUT2D eigenvalue weighted by atomic mass is 79.9. The SMILES string of the molecule is Brc1ccc(OCCNC2CCCc3sccc32)cc1. The van der Waals surface area contributed by atoms with Crippen LogP contribution in [0.2, 0.25) is 0 Å². The summed E-state index contributed by atoms with van der Waals surface area (Å²) in [6, 6.07) is 10.8. The highest BCUT2D eigenvalue weighted by Crippen LogP contribution is 2.33. The van der Waals surface area contributed by atoms with Crippen LogP contribution in [0.1, 0.15) is 29.3 Å². The molecular formula is C16H18BrNOS. The fourth-order valence-corrected chi connectivity index (χ4v) is 3.88. The number of hydrogen-bond acceptors (Lipinski definition) is 3. The van der Waals surface area contributed by atoms with Gasteiger partial charge in [0.2, 0.25) is 0 Å². The molecule has 4 heteroatoms. The van der Waals surface area contributed by atoms with Crippen molar-refractivity contribution in [2.24, 2.45) is 0 Å². The normalized spacial score (nSPS) is 17.8. The Labute approximate surface area is 132 Å². The third kappa shape index (κ3) is 3.43. The molecule has 1 atom stereocenters. The monoisotopic (exact) mass is 351 g/mol. The second-order valence-corrected chi connectivity index (χ2v) is 6.92. The zero-order valence-electron chi connectivity index (χ0n) is 11.3. The van der Waals surface area contributed by atoms with Crippen molar-refractivity contribution in [1.82, 2.24) is 5.32 Å². The van der Waals surface area contributed by atoms with Gasteiger partial charge in [-0.15, -0.1) is 11.3 Å². The minimum absolute atomic E-state index is 0.513.